The third kappa shape index (κ3) is 1.83. The molecule has 0 spiro atoms. The molecule has 0 bridgehead atoms. The monoisotopic (exact) mass is 301 g/mol. The van der Waals surface area contributed by atoms with E-state index in [2.05, 4.69) is 29.8 Å². The number of rotatable bonds is 2. The van der Waals surface area contributed by atoms with Crippen LogP contribution in [0.25, 0.3) is 33.8 Å². The first-order valence-corrected chi connectivity index (χ1v) is 7.17. The minimum atomic E-state index is 0.666. The van der Waals surface area contributed by atoms with Gasteiger partial charge in [0.15, 0.2) is 17.1 Å². The average molecular weight is 301 g/mol. The molecule has 0 radical (unpaired) electrons. The van der Waals surface area contributed by atoms with E-state index >= 15 is 0 Å². The summed E-state index contributed by atoms with van der Waals surface area (Å²) in [5.41, 5.74) is 3.51. The smallest absolute Gasteiger partial charge is 0.182 e. The van der Waals surface area contributed by atoms with Crippen LogP contribution in [0.5, 0.6) is 0 Å². The third-order valence-electron chi connectivity index (χ3n) is 3.82. The predicted octanol–water partition coefficient (Wildman–Crippen LogP) is 2.46. The van der Waals surface area contributed by atoms with Crippen molar-refractivity contribution < 1.29 is 0 Å². The SMILES string of the molecule is c1ccn(-c2ccc(-c3nc4c5cn[nH]c5ncn4n3)cc2)c1. The second-order valence-electron chi connectivity index (χ2n) is 5.22. The molecule has 0 amide bonds. The zero-order valence-electron chi connectivity index (χ0n) is 12.0. The summed E-state index contributed by atoms with van der Waals surface area (Å²) in [6, 6.07) is 12.1. The minimum Gasteiger partial charge on any atom is -0.324 e. The summed E-state index contributed by atoms with van der Waals surface area (Å²) in [5.74, 6) is 0.666. The highest BCUT2D eigenvalue weighted by atomic mass is 15.3. The van der Waals surface area contributed by atoms with Crippen LogP contribution < -0.4 is 0 Å². The highest BCUT2D eigenvalue weighted by Gasteiger charge is 2.11. The lowest BCUT2D eigenvalue weighted by Gasteiger charge is -2.02. The van der Waals surface area contributed by atoms with Crippen molar-refractivity contribution in [2.75, 3.05) is 0 Å². The van der Waals surface area contributed by atoms with Gasteiger partial charge in [0.1, 0.15) is 6.33 Å². The van der Waals surface area contributed by atoms with Gasteiger partial charge in [-0.3, -0.25) is 5.10 Å². The van der Waals surface area contributed by atoms with Crippen LogP contribution in [-0.2, 0) is 0 Å². The molecular weight excluding hydrogens is 290 g/mol. The van der Waals surface area contributed by atoms with Crippen molar-refractivity contribution in [2.45, 2.75) is 0 Å². The van der Waals surface area contributed by atoms with Gasteiger partial charge in [-0.25, -0.2) is 14.5 Å². The van der Waals surface area contributed by atoms with E-state index in [1.54, 1.807) is 17.0 Å². The van der Waals surface area contributed by atoms with Gasteiger partial charge in [0.2, 0.25) is 0 Å². The molecular formula is C16H11N7. The summed E-state index contributed by atoms with van der Waals surface area (Å²) >= 11 is 0. The fourth-order valence-electron chi connectivity index (χ4n) is 2.65. The molecule has 0 atom stereocenters. The number of fused-ring (bicyclic) bond motifs is 3. The summed E-state index contributed by atoms with van der Waals surface area (Å²) in [6.07, 6.45) is 7.38. The van der Waals surface area contributed by atoms with Crippen molar-refractivity contribution in [2.24, 2.45) is 0 Å². The van der Waals surface area contributed by atoms with Crippen molar-refractivity contribution in [3.8, 4) is 17.1 Å². The average Bonchev–Trinajstić information content (AvgIpc) is 3.32. The number of aromatic amines is 1. The molecule has 0 aliphatic rings. The van der Waals surface area contributed by atoms with Crippen LogP contribution in [0, 0.1) is 0 Å². The van der Waals surface area contributed by atoms with Crippen molar-refractivity contribution in [1.82, 2.24) is 34.3 Å². The van der Waals surface area contributed by atoms with E-state index in [-0.39, 0.29) is 0 Å². The highest BCUT2D eigenvalue weighted by molar-refractivity contribution is 5.88. The lowest BCUT2D eigenvalue weighted by Crippen LogP contribution is -1.90. The van der Waals surface area contributed by atoms with E-state index in [9.17, 15) is 0 Å². The fraction of sp³-hybridized carbons (Fsp3) is 0. The number of hydrogen-bond donors (Lipinski definition) is 1. The van der Waals surface area contributed by atoms with Gasteiger partial charge < -0.3 is 4.57 Å². The zero-order valence-corrected chi connectivity index (χ0v) is 12.0. The maximum atomic E-state index is 4.62. The first-order valence-electron chi connectivity index (χ1n) is 7.17. The number of nitrogens with one attached hydrogen (secondary N) is 1. The topological polar surface area (TPSA) is 76.7 Å². The molecule has 0 aliphatic heterocycles. The lowest BCUT2D eigenvalue weighted by atomic mass is 10.2. The molecule has 1 aromatic carbocycles. The Balaban J connectivity index is 1.62. The maximum Gasteiger partial charge on any atom is 0.182 e. The second-order valence-corrected chi connectivity index (χ2v) is 5.22. The normalized spacial score (nSPS) is 11.5. The van der Waals surface area contributed by atoms with E-state index < -0.39 is 0 Å². The molecule has 0 aliphatic carbocycles. The van der Waals surface area contributed by atoms with Crippen LogP contribution in [-0.4, -0.2) is 34.3 Å². The van der Waals surface area contributed by atoms with E-state index in [0.29, 0.717) is 11.5 Å². The second kappa shape index (κ2) is 4.51. The Labute approximate surface area is 130 Å². The Hall–Kier alpha value is -3.48. The van der Waals surface area contributed by atoms with Crippen molar-refractivity contribution in [1.29, 1.82) is 0 Å². The van der Waals surface area contributed by atoms with Crippen molar-refractivity contribution in [3.63, 3.8) is 0 Å². The Morgan fingerprint density at radius 2 is 1.83 bits per heavy atom. The van der Waals surface area contributed by atoms with Crippen LogP contribution in [0.1, 0.15) is 0 Å². The summed E-state index contributed by atoms with van der Waals surface area (Å²) in [4.78, 5) is 8.88. The zero-order chi connectivity index (χ0) is 15.2. The van der Waals surface area contributed by atoms with Gasteiger partial charge >= 0.3 is 0 Å². The van der Waals surface area contributed by atoms with Crippen LogP contribution in [0.3, 0.4) is 0 Å². The van der Waals surface area contributed by atoms with E-state index in [0.717, 1.165) is 22.3 Å². The van der Waals surface area contributed by atoms with Gasteiger partial charge in [-0.1, -0.05) is 0 Å². The standard InChI is InChI=1S/C16H11N7/c1-2-8-22(7-1)12-5-3-11(4-6-12)14-19-16-13-9-18-20-15(13)17-10-23(16)21-14/h1-10H,(H,18,20). The quantitative estimate of drug-likeness (QED) is 0.543. The van der Waals surface area contributed by atoms with Gasteiger partial charge in [-0.05, 0) is 36.4 Å². The number of benzene rings is 1. The number of nitrogens with zero attached hydrogens (tertiary/aromatic N) is 6. The molecule has 7 heteroatoms. The van der Waals surface area contributed by atoms with Crippen LogP contribution in [0.2, 0.25) is 0 Å². The fourth-order valence-corrected chi connectivity index (χ4v) is 2.65. The van der Waals surface area contributed by atoms with Crippen molar-refractivity contribution >= 4 is 16.7 Å². The molecule has 5 aromatic rings. The molecule has 7 nitrogen and oxygen atoms in total. The molecule has 0 unspecified atom stereocenters. The molecule has 110 valence electrons. The predicted molar refractivity (Wildman–Crippen MR) is 85.2 cm³/mol. The van der Waals surface area contributed by atoms with Crippen LogP contribution >= 0.6 is 0 Å². The minimum absolute atomic E-state index is 0.666. The van der Waals surface area contributed by atoms with Crippen molar-refractivity contribution in [3.05, 3.63) is 61.3 Å². The largest absolute Gasteiger partial charge is 0.324 e. The molecule has 0 saturated carbocycles. The Kier molecular flexibility index (Phi) is 2.37. The number of hydrogen-bond acceptors (Lipinski definition) is 4. The number of H-pyrrole nitrogens is 1. The lowest BCUT2D eigenvalue weighted by molar-refractivity contribution is 0.934. The Morgan fingerprint density at radius 3 is 2.65 bits per heavy atom. The Morgan fingerprint density at radius 1 is 1.00 bits per heavy atom. The molecule has 4 aromatic heterocycles. The molecule has 23 heavy (non-hydrogen) atoms. The third-order valence-corrected chi connectivity index (χ3v) is 3.82. The van der Waals surface area contributed by atoms with Gasteiger partial charge in [0.25, 0.3) is 0 Å². The molecule has 5 rings (SSSR count). The van der Waals surface area contributed by atoms with Gasteiger partial charge in [-0.2, -0.15) is 5.10 Å². The molecule has 0 fully saturated rings. The van der Waals surface area contributed by atoms with E-state index in [1.807, 2.05) is 48.8 Å². The van der Waals surface area contributed by atoms with Gasteiger partial charge in [0, 0.05) is 23.6 Å². The summed E-state index contributed by atoms with van der Waals surface area (Å²) in [5, 5.41) is 12.2. The summed E-state index contributed by atoms with van der Waals surface area (Å²) in [7, 11) is 0. The first-order chi connectivity index (χ1) is 11.4. The highest BCUT2D eigenvalue weighted by Crippen LogP contribution is 2.21. The van der Waals surface area contributed by atoms with Gasteiger partial charge in [0.05, 0.1) is 11.6 Å². The molecule has 0 saturated heterocycles. The molecule has 1 N–H and O–H groups in total. The summed E-state index contributed by atoms with van der Waals surface area (Å²) < 4.78 is 3.73. The van der Waals surface area contributed by atoms with Crippen LogP contribution in [0.4, 0.5) is 0 Å². The van der Waals surface area contributed by atoms with Gasteiger partial charge in [-0.15, -0.1) is 5.10 Å². The number of aromatic nitrogens is 7. The van der Waals surface area contributed by atoms with E-state index in [1.165, 1.54) is 0 Å². The van der Waals surface area contributed by atoms with E-state index in [4.69, 9.17) is 0 Å². The maximum absolute atomic E-state index is 4.62. The summed E-state index contributed by atoms with van der Waals surface area (Å²) in [6.45, 7) is 0. The Bertz CT molecular complexity index is 1100. The first kappa shape index (κ1) is 12.1. The van der Waals surface area contributed by atoms with Crippen LogP contribution in [0.15, 0.2) is 61.3 Å². The molecule has 4 heterocycles.